The van der Waals surface area contributed by atoms with Crippen molar-refractivity contribution in [2.75, 3.05) is 0 Å². The van der Waals surface area contributed by atoms with Gasteiger partial charge in [-0.05, 0) is 19.3 Å². The van der Waals surface area contributed by atoms with E-state index >= 15 is 0 Å². The molecule has 0 fully saturated rings. The summed E-state index contributed by atoms with van der Waals surface area (Å²) in [7, 11) is 0.430. The van der Waals surface area contributed by atoms with E-state index in [1.54, 1.807) is 0 Å². The molecule has 24 heavy (non-hydrogen) atoms. The number of hydrogen-bond acceptors (Lipinski definition) is 1. The van der Waals surface area contributed by atoms with Crippen LogP contribution in [0.3, 0.4) is 0 Å². The van der Waals surface area contributed by atoms with Gasteiger partial charge in [-0.3, -0.25) is 4.57 Å². The zero-order valence-corrected chi connectivity index (χ0v) is 18.0. The van der Waals surface area contributed by atoms with Crippen LogP contribution in [0.25, 0.3) is 0 Å². The Morgan fingerprint density at radius 3 is 1.17 bits per heavy atom. The van der Waals surface area contributed by atoms with E-state index in [4.69, 9.17) is 0 Å². The first-order valence-corrected chi connectivity index (χ1v) is 11.9. The van der Waals surface area contributed by atoms with Gasteiger partial charge in [-0.2, -0.15) is 0 Å². The minimum absolute atomic E-state index is 0.102. The van der Waals surface area contributed by atoms with Crippen molar-refractivity contribution in [1.29, 1.82) is 0 Å². The third kappa shape index (κ3) is 13.4. The van der Waals surface area contributed by atoms with Gasteiger partial charge in [0.1, 0.15) is 0 Å². The SMILES string of the molecule is CCCCCCCCC(CCCCC)(CCCCCCCC)P=O. The summed E-state index contributed by atoms with van der Waals surface area (Å²) in [6, 6.07) is 0. The van der Waals surface area contributed by atoms with Crippen molar-refractivity contribution in [1.82, 2.24) is 0 Å². The molecule has 0 radical (unpaired) electrons. The lowest BCUT2D eigenvalue weighted by Crippen LogP contribution is -2.22. The lowest BCUT2D eigenvalue weighted by Gasteiger charge is -2.27. The molecule has 0 unspecified atom stereocenters. The molecule has 0 bridgehead atoms. The van der Waals surface area contributed by atoms with Crippen LogP contribution in [0.15, 0.2) is 0 Å². The Morgan fingerprint density at radius 1 is 0.500 bits per heavy atom. The smallest absolute Gasteiger partial charge is 0.162 e. The maximum absolute atomic E-state index is 12.1. The average Bonchev–Trinajstić information content (AvgIpc) is 2.60. The summed E-state index contributed by atoms with van der Waals surface area (Å²) in [6.07, 6.45) is 23.5. The monoisotopic (exact) mass is 356 g/mol. The Labute approximate surface area is 155 Å². The lowest BCUT2D eigenvalue weighted by molar-refractivity contribution is 0.392. The van der Waals surface area contributed by atoms with Crippen LogP contribution in [0.1, 0.15) is 136 Å². The molecule has 1 nitrogen and oxygen atoms in total. The van der Waals surface area contributed by atoms with Crippen LogP contribution < -0.4 is 0 Å². The van der Waals surface area contributed by atoms with Crippen molar-refractivity contribution >= 4 is 8.46 Å². The second kappa shape index (κ2) is 17.9. The van der Waals surface area contributed by atoms with Crippen LogP contribution in [0, 0.1) is 0 Å². The van der Waals surface area contributed by atoms with E-state index in [1.807, 2.05) is 0 Å². The zero-order valence-electron chi connectivity index (χ0n) is 17.1. The number of unbranched alkanes of at least 4 members (excludes halogenated alkanes) is 12. The van der Waals surface area contributed by atoms with E-state index in [-0.39, 0.29) is 5.16 Å². The van der Waals surface area contributed by atoms with Gasteiger partial charge in [-0.25, -0.2) is 0 Å². The maximum atomic E-state index is 12.1. The second-order valence-electron chi connectivity index (χ2n) is 7.81. The molecule has 0 N–H and O–H groups in total. The second-order valence-corrected chi connectivity index (χ2v) is 8.94. The molecule has 0 aromatic carbocycles. The molecule has 0 aromatic heterocycles. The van der Waals surface area contributed by atoms with Crippen molar-refractivity contribution in [3.8, 4) is 0 Å². The van der Waals surface area contributed by atoms with Crippen molar-refractivity contribution in [2.45, 2.75) is 142 Å². The Bertz CT molecular complexity index is 249. The third-order valence-electron chi connectivity index (χ3n) is 5.43. The summed E-state index contributed by atoms with van der Waals surface area (Å²) in [4.78, 5) is 0. The van der Waals surface area contributed by atoms with Gasteiger partial charge >= 0.3 is 0 Å². The number of hydrogen-bond donors (Lipinski definition) is 0. The van der Waals surface area contributed by atoms with Crippen LogP contribution in [0.2, 0.25) is 0 Å². The highest BCUT2D eigenvalue weighted by atomic mass is 31.1. The van der Waals surface area contributed by atoms with Crippen LogP contribution >= 0.6 is 8.46 Å². The van der Waals surface area contributed by atoms with Crippen molar-refractivity contribution in [3.05, 3.63) is 0 Å². The highest BCUT2D eigenvalue weighted by Gasteiger charge is 2.29. The first-order valence-electron chi connectivity index (χ1n) is 11.1. The zero-order chi connectivity index (χ0) is 17.9. The first-order chi connectivity index (χ1) is 11.7. The van der Waals surface area contributed by atoms with E-state index < -0.39 is 0 Å². The quantitative estimate of drug-likeness (QED) is 0.166. The fraction of sp³-hybridized carbons (Fsp3) is 1.00. The van der Waals surface area contributed by atoms with Gasteiger partial charge in [-0.15, -0.1) is 0 Å². The molecule has 0 heterocycles. The van der Waals surface area contributed by atoms with E-state index in [0.717, 1.165) is 0 Å². The van der Waals surface area contributed by atoms with Crippen LogP contribution in [-0.4, -0.2) is 5.16 Å². The summed E-state index contributed by atoms with van der Waals surface area (Å²) in [5.41, 5.74) is 0. The number of rotatable bonds is 19. The summed E-state index contributed by atoms with van der Waals surface area (Å²) in [5, 5.41) is 0.102. The maximum Gasteiger partial charge on any atom is 0.162 e. The fourth-order valence-corrected chi connectivity index (χ4v) is 4.43. The van der Waals surface area contributed by atoms with E-state index in [0.29, 0.717) is 8.46 Å². The average molecular weight is 357 g/mol. The Morgan fingerprint density at radius 2 is 0.792 bits per heavy atom. The van der Waals surface area contributed by atoms with Crippen molar-refractivity contribution in [3.63, 3.8) is 0 Å². The topological polar surface area (TPSA) is 17.1 Å². The molecule has 0 spiro atoms. The Kier molecular flexibility index (Phi) is 18.0. The lowest BCUT2D eigenvalue weighted by atomic mass is 9.88. The van der Waals surface area contributed by atoms with Crippen molar-refractivity contribution in [2.24, 2.45) is 0 Å². The molecule has 0 aliphatic heterocycles. The first kappa shape index (κ1) is 24.1. The molecule has 0 aliphatic rings. The summed E-state index contributed by atoms with van der Waals surface area (Å²) in [6.45, 7) is 6.81. The van der Waals surface area contributed by atoms with Gasteiger partial charge in [0, 0.05) is 0 Å². The van der Waals surface area contributed by atoms with E-state index in [1.165, 1.54) is 116 Å². The Balaban J connectivity index is 4.17. The molecule has 0 saturated carbocycles. The summed E-state index contributed by atoms with van der Waals surface area (Å²) in [5.74, 6) is 0. The third-order valence-corrected chi connectivity index (χ3v) is 6.49. The van der Waals surface area contributed by atoms with Crippen LogP contribution in [-0.2, 0) is 4.57 Å². The normalized spacial score (nSPS) is 12.1. The molecule has 0 aromatic rings. The standard InChI is InChI=1S/C22H45OP/c1-4-7-10-12-14-17-20-22(24-23,19-16-9-6-3)21-18-15-13-11-8-5-2/h4-21H2,1-3H3. The molecule has 0 saturated heterocycles. The largest absolute Gasteiger partial charge is 0.274 e. The highest BCUT2D eigenvalue weighted by molar-refractivity contribution is 7.26. The van der Waals surface area contributed by atoms with Gasteiger partial charge in [0.25, 0.3) is 0 Å². The molecular weight excluding hydrogens is 311 g/mol. The van der Waals surface area contributed by atoms with E-state index in [2.05, 4.69) is 20.8 Å². The molecule has 0 rings (SSSR count). The highest BCUT2D eigenvalue weighted by Crippen LogP contribution is 2.40. The summed E-state index contributed by atoms with van der Waals surface area (Å²) >= 11 is 0. The molecular formula is C22H45OP. The minimum Gasteiger partial charge on any atom is -0.274 e. The van der Waals surface area contributed by atoms with Gasteiger partial charge < -0.3 is 0 Å². The molecule has 0 atom stereocenters. The van der Waals surface area contributed by atoms with Crippen LogP contribution in [0.4, 0.5) is 0 Å². The predicted molar refractivity (Wildman–Crippen MR) is 110 cm³/mol. The van der Waals surface area contributed by atoms with Gasteiger partial charge in [-0.1, -0.05) is 117 Å². The van der Waals surface area contributed by atoms with Crippen molar-refractivity contribution < 1.29 is 4.57 Å². The molecule has 2 heteroatoms. The van der Waals surface area contributed by atoms with Gasteiger partial charge in [0.15, 0.2) is 8.46 Å². The van der Waals surface area contributed by atoms with Crippen LogP contribution in [0.5, 0.6) is 0 Å². The fourth-order valence-electron chi connectivity index (χ4n) is 3.68. The minimum atomic E-state index is 0.102. The molecule has 0 amide bonds. The van der Waals surface area contributed by atoms with Gasteiger partial charge in [0.2, 0.25) is 0 Å². The molecule has 0 aliphatic carbocycles. The van der Waals surface area contributed by atoms with Gasteiger partial charge in [0.05, 0.1) is 5.16 Å². The van der Waals surface area contributed by atoms with E-state index in [9.17, 15) is 4.57 Å². The summed E-state index contributed by atoms with van der Waals surface area (Å²) < 4.78 is 12.1. The molecule has 144 valence electrons. The predicted octanol–water partition coefficient (Wildman–Crippen LogP) is 9.10. The Hall–Kier alpha value is 0.100.